The number of benzene rings is 2. The van der Waals surface area contributed by atoms with Gasteiger partial charge in [-0.15, -0.1) is 0 Å². The van der Waals surface area contributed by atoms with Gasteiger partial charge in [-0.05, 0) is 36.6 Å². The highest BCUT2D eigenvalue weighted by Gasteiger charge is 2.27. The van der Waals surface area contributed by atoms with Gasteiger partial charge < -0.3 is 14.8 Å². The summed E-state index contributed by atoms with van der Waals surface area (Å²) in [5.41, 5.74) is 1.36. The molecule has 1 N–H and O–H groups in total. The van der Waals surface area contributed by atoms with Crippen molar-refractivity contribution < 1.29 is 18.7 Å². The highest BCUT2D eigenvalue weighted by atomic mass is 35.5. The molecule has 132 valence electrons. The van der Waals surface area contributed by atoms with Crippen molar-refractivity contribution >= 4 is 17.5 Å². The van der Waals surface area contributed by atoms with Crippen LogP contribution in [0.5, 0.6) is 11.5 Å². The highest BCUT2D eigenvalue weighted by molar-refractivity contribution is 6.31. The molecule has 1 atom stereocenters. The lowest BCUT2D eigenvalue weighted by atomic mass is 9.95. The van der Waals surface area contributed by atoms with Crippen molar-refractivity contribution in [2.45, 2.75) is 12.8 Å². The first-order valence-corrected chi connectivity index (χ1v) is 8.47. The number of ether oxygens (including phenoxy) is 2. The van der Waals surface area contributed by atoms with E-state index < -0.39 is 0 Å². The van der Waals surface area contributed by atoms with Gasteiger partial charge in [0.1, 0.15) is 12.4 Å². The van der Waals surface area contributed by atoms with Gasteiger partial charge in [0, 0.05) is 17.1 Å². The van der Waals surface area contributed by atoms with E-state index in [2.05, 4.69) is 5.32 Å². The van der Waals surface area contributed by atoms with Crippen LogP contribution in [0.1, 0.15) is 11.1 Å². The topological polar surface area (TPSA) is 47.6 Å². The second-order valence-corrected chi connectivity index (χ2v) is 6.31. The number of hydrogen-bond acceptors (Lipinski definition) is 3. The minimum atomic E-state index is -0.358. The Labute approximate surface area is 150 Å². The van der Waals surface area contributed by atoms with Crippen molar-refractivity contribution in [1.29, 1.82) is 0 Å². The van der Waals surface area contributed by atoms with Crippen molar-refractivity contribution in [2.75, 3.05) is 20.3 Å². The molecule has 0 unspecified atom stereocenters. The van der Waals surface area contributed by atoms with Gasteiger partial charge in [0.15, 0.2) is 11.5 Å². The number of carbonyl (C=O) groups excluding carboxylic acids is 1. The van der Waals surface area contributed by atoms with E-state index in [0.717, 1.165) is 5.56 Å². The Hall–Kier alpha value is -2.27. The lowest BCUT2D eigenvalue weighted by Crippen LogP contribution is -2.38. The van der Waals surface area contributed by atoms with Gasteiger partial charge in [0.2, 0.25) is 5.91 Å². The first-order chi connectivity index (χ1) is 12.1. The molecule has 1 amide bonds. The number of carbonyl (C=O) groups is 1. The van der Waals surface area contributed by atoms with Gasteiger partial charge in [-0.1, -0.05) is 29.8 Å². The minimum Gasteiger partial charge on any atom is -0.493 e. The van der Waals surface area contributed by atoms with Gasteiger partial charge in [-0.2, -0.15) is 0 Å². The van der Waals surface area contributed by atoms with Gasteiger partial charge in [0.05, 0.1) is 13.0 Å². The molecule has 1 aliphatic rings. The van der Waals surface area contributed by atoms with E-state index >= 15 is 0 Å². The SMILES string of the molecule is COc1cccc2c1OC[C@@H](C(=O)NCCc1c(F)cccc1Cl)C2. The Balaban J connectivity index is 1.58. The van der Waals surface area contributed by atoms with Crippen molar-refractivity contribution in [3.05, 3.63) is 58.4 Å². The van der Waals surface area contributed by atoms with Crippen LogP contribution in [-0.4, -0.2) is 26.2 Å². The van der Waals surface area contributed by atoms with E-state index in [4.69, 9.17) is 21.1 Å². The highest BCUT2D eigenvalue weighted by Crippen LogP contribution is 2.36. The molecule has 2 aromatic rings. The maximum Gasteiger partial charge on any atom is 0.226 e. The number of methoxy groups -OCH3 is 1. The average molecular weight is 364 g/mol. The summed E-state index contributed by atoms with van der Waals surface area (Å²) in [6, 6.07) is 10.2. The van der Waals surface area contributed by atoms with Crippen LogP contribution in [0.3, 0.4) is 0 Å². The second-order valence-electron chi connectivity index (χ2n) is 5.90. The predicted octanol–water partition coefficient (Wildman–Crippen LogP) is 3.40. The normalized spacial score (nSPS) is 15.9. The fraction of sp³-hybridized carbons (Fsp3) is 0.316. The Morgan fingerprint density at radius 3 is 2.92 bits per heavy atom. The van der Waals surface area contributed by atoms with E-state index in [1.807, 2.05) is 18.2 Å². The minimum absolute atomic E-state index is 0.110. The molecule has 25 heavy (non-hydrogen) atoms. The number of hydrogen-bond donors (Lipinski definition) is 1. The van der Waals surface area contributed by atoms with Crippen LogP contribution in [-0.2, 0) is 17.6 Å². The molecule has 0 aliphatic carbocycles. The molecular formula is C19H19ClFNO3. The predicted molar refractivity (Wildman–Crippen MR) is 93.8 cm³/mol. The van der Waals surface area contributed by atoms with E-state index in [9.17, 15) is 9.18 Å². The van der Waals surface area contributed by atoms with Crippen molar-refractivity contribution in [3.8, 4) is 11.5 Å². The zero-order valence-electron chi connectivity index (χ0n) is 13.9. The van der Waals surface area contributed by atoms with Crippen LogP contribution in [0, 0.1) is 11.7 Å². The zero-order chi connectivity index (χ0) is 17.8. The average Bonchev–Trinajstić information content (AvgIpc) is 2.63. The summed E-state index contributed by atoms with van der Waals surface area (Å²) in [5.74, 6) is 0.623. The van der Waals surface area contributed by atoms with Crippen LogP contribution < -0.4 is 14.8 Å². The molecule has 0 bridgehead atoms. The molecule has 3 rings (SSSR count). The molecule has 0 spiro atoms. The molecule has 0 saturated carbocycles. The molecule has 4 nitrogen and oxygen atoms in total. The van der Waals surface area contributed by atoms with E-state index in [0.29, 0.717) is 48.1 Å². The van der Waals surface area contributed by atoms with Gasteiger partial charge >= 0.3 is 0 Å². The Bertz CT molecular complexity index is 761. The molecule has 1 heterocycles. The summed E-state index contributed by atoms with van der Waals surface area (Å²) in [6.07, 6.45) is 0.925. The molecule has 0 radical (unpaired) electrons. The maximum absolute atomic E-state index is 13.7. The lowest BCUT2D eigenvalue weighted by molar-refractivity contribution is -0.126. The van der Waals surface area contributed by atoms with Crippen molar-refractivity contribution in [1.82, 2.24) is 5.32 Å². The molecule has 0 saturated heterocycles. The summed E-state index contributed by atoms with van der Waals surface area (Å²) in [7, 11) is 1.59. The monoisotopic (exact) mass is 363 g/mol. The van der Waals surface area contributed by atoms with Crippen molar-refractivity contribution in [2.24, 2.45) is 5.92 Å². The van der Waals surface area contributed by atoms with E-state index in [1.54, 1.807) is 19.2 Å². The quantitative estimate of drug-likeness (QED) is 0.885. The smallest absolute Gasteiger partial charge is 0.226 e. The Kier molecular flexibility index (Phi) is 5.43. The fourth-order valence-corrected chi connectivity index (χ4v) is 3.21. The van der Waals surface area contributed by atoms with Crippen LogP contribution in [0.2, 0.25) is 5.02 Å². The fourth-order valence-electron chi connectivity index (χ4n) is 2.95. The lowest BCUT2D eigenvalue weighted by Gasteiger charge is -2.25. The van der Waals surface area contributed by atoms with Gasteiger partial charge in [-0.3, -0.25) is 4.79 Å². The van der Waals surface area contributed by atoms with E-state index in [-0.39, 0.29) is 17.6 Å². The second kappa shape index (κ2) is 7.74. The molecule has 0 fully saturated rings. The Morgan fingerprint density at radius 2 is 2.16 bits per heavy atom. The number of halogens is 2. The molecule has 2 aromatic carbocycles. The summed E-state index contributed by atoms with van der Waals surface area (Å²) >= 11 is 5.99. The number of nitrogens with one attached hydrogen (secondary N) is 1. The number of fused-ring (bicyclic) bond motifs is 1. The standard InChI is InChI=1S/C19H19ClFNO3/c1-24-17-7-2-4-12-10-13(11-25-18(12)17)19(23)22-9-8-14-15(20)5-3-6-16(14)21/h2-7,13H,8-11H2,1H3,(H,22,23)/t13-/m0/s1. The van der Waals surface area contributed by atoms with Crippen LogP contribution in [0.4, 0.5) is 4.39 Å². The van der Waals surface area contributed by atoms with Crippen LogP contribution in [0.15, 0.2) is 36.4 Å². The zero-order valence-corrected chi connectivity index (χ0v) is 14.6. The maximum atomic E-state index is 13.7. The van der Waals surface area contributed by atoms with Crippen LogP contribution >= 0.6 is 11.6 Å². The first kappa shape index (κ1) is 17.5. The summed E-state index contributed by atoms with van der Waals surface area (Å²) in [4.78, 5) is 12.4. The summed E-state index contributed by atoms with van der Waals surface area (Å²) in [6.45, 7) is 0.612. The number of rotatable bonds is 5. The Morgan fingerprint density at radius 1 is 1.36 bits per heavy atom. The summed E-state index contributed by atoms with van der Waals surface area (Å²) in [5, 5.41) is 3.21. The largest absolute Gasteiger partial charge is 0.493 e. The third-order valence-electron chi connectivity index (χ3n) is 4.28. The third kappa shape index (κ3) is 3.87. The molecule has 1 aliphatic heterocycles. The third-order valence-corrected chi connectivity index (χ3v) is 4.64. The van der Waals surface area contributed by atoms with E-state index in [1.165, 1.54) is 6.07 Å². The van der Waals surface area contributed by atoms with Crippen LogP contribution in [0.25, 0.3) is 0 Å². The molecule has 0 aromatic heterocycles. The summed E-state index contributed by atoms with van der Waals surface area (Å²) < 4.78 is 24.7. The van der Waals surface area contributed by atoms with Gasteiger partial charge in [-0.25, -0.2) is 4.39 Å². The first-order valence-electron chi connectivity index (χ1n) is 8.09. The molecule has 6 heteroatoms. The molecular weight excluding hydrogens is 345 g/mol. The number of para-hydroxylation sites is 1. The number of amides is 1. The van der Waals surface area contributed by atoms with Gasteiger partial charge in [0.25, 0.3) is 0 Å². The van der Waals surface area contributed by atoms with Crippen molar-refractivity contribution in [3.63, 3.8) is 0 Å².